The zero-order valence-electron chi connectivity index (χ0n) is 10.1. The largest absolute Gasteiger partial charge is 0.497 e. The topological polar surface area (TPSA) is 52.4 Å². The molecule has 4 nitrogen and oxygen atoms in total. The van der Waals surface area contributed by atoms with E-state index < -0.39 is 6.04 Å². The second-order valence-electron chi connectivity index (χ2n) is 3.80. The molecule has 0 saturated heterocycles. The molecule has 4 heteroatoms. The number of hydrogen-bond donors (Lipinski definition) is 0. The summed E-state index contributed by atoms with van der Waals surface area (Å²) in [6.45, 7) is 5.51. The molecule has 0 saturated carbocycles. The van der Waals surface area contributed by atoms with Crippen LogP contribution in [0.5, 0.6) is 5.75 Å². The van der Waals surface area contributed by atoms with Gasteiger partial charge in [0, 0.05) is 11.3 Å². The van der Waals surface area contributed by atoms with Gasteiger partial charge in [-0.3, -0.25) is 10.1 Å². The molecule has 0 unspecified atom stereocenters. The zero-order chi connectivity index (χ0) is 12.8. The molecule has 0 aliphatic rings. The van der Waals surface area contributed by atoms with Gasteiger partial charge in [-0.15, -0.1) is 6.58 Å². The van der Waals surface area contributed by atoms with Gasteiger partial charge in [-0.2, -0.15) is 0 Å². The minimum absolute atomic E-state index is 0.240. The maximum absolute atomic E-state index is 11.0. The third-order valence-corrected chi connectivity index (χ3v) is 2.86. The molecule has 0 heterocycles. The lowest BCUT2D eigenvalue weighted by Gasteiger charge is -2.17. The first-order valence-corrected chi connectivity index (χ1v) is 5.54. The van der Waals surface area contributed by atoms with Crippen molar-refractivity contribution in [1.82, 2.24) is 0 Å². The molecule has 0 aliphatic heterocycles. The van der Waals surface area contributed by atoms with Gasteiger partial charge in [0.25, 0.3) is 0 Å². The summed E-state index contributed by atoms with van der Waals surface area (Å²) in [5.41, 5.74) is 0.893. The van der Waals surface area contributed by atoms with Gasteiger partial charge in [0.2, 0.25) is 6.04 Å². The molecule has 1 aromatic carbocycles. The molecule has 92 valence electrons. The standard InChI is InChI=1S/C13H17NO3/c1-4-12(13(5-2)14(15)16)10-6-8-11(17-3)9-7-10/h4,6-9,12-13H,1,5H2,2-3H3/t12-,13-/m1/s1. The van der Waals surface area contributed by atoms with Crippen LogP contribution < -0.4 is 4.74 Å². The fourth-order valence-electron chi connectivity index (χ4n) is 1.88. The summed E-state index contributed by atoms with van der Waals surface area (Å²) in [5.74, 6) is 0.478. The number of ether oxygens (including phenoxy) is 1. The number of methoxy groups -OCH3 is 1. The van der Waals surface area contributed by atoms with E-state index in [1.807, 2.05) is 19.1 Å². The van der Waals surface area contributed by atoms with Crippen molar-refractivity contribution in [2.75, 3.05) is 7.11 Å². The van der Waals surface area contributed by atoms with Crippen molar-refractivity contribution in [1.29, 1.82) is 0 Å². The van der Waals surface area contributed by atoms with Crippen molar-refractivity contribution in [2.45, 2.75) is 25.3 Å². The van der Waals surface area contributed by atoms with Crippen molar-refractivity contribution < 1.29 is 9.66 Å². The van der Waals surface area contributed by atoms with Crippen LogP contribution in [0.4, 0.5) is 0 Å². The van der Waals surface area contributed by atoms with E-state index in [4.69, 9.17) is 4.74 Å². The summed E-state index contributed by atoms with van der Waals surface area (Å²) in [7, 11) is 1.59. The monoisotopic (exact) mass is 235 g/mol. The summed E-state index contributed by atoms with van der Waals surface area (Å²) in [6.07, 6.45) is 2.12. The third-order valence-electron chi connectivity index (χ3n) is 2.86. The Hall–Kier alpha value is -1.84. The molecule has 0 fully saturated rings. The highest BCUT2D eigenvalue weighted by Crippen LogP contribution is 2.26. The third kappa shape index (κ3) is 3.06. The number of benzene rings is 1. The molecule has 0 bridgehead atoms. The van der Waals surface area contributed by atoms with Gasteiger partial charge in [0.1, 0.15) is 5.75 Å². The van der Waals surface area contributed by atoms with Crippen molar-refractivity contribution in [3.05, 3.63) is 52.6 Å². The molecule has 0 spiro atoms. The molecule has 0 N–H and O–H groups in total. The van der Waals surface area contributed by atoms with Crippen LogP contribution in [0.25, 0.3) is 0 Å². The average molecular weight is 235 g/mol. The fraction of sp³-hybridized carbons (Fsp3) is 0.385. The first-order valence-electron chi connectivity index (χ1n) is 5.54. The highest BCUT2D eigenvalue weighted by Gasteiger charge is 2.28. The molecule has 2 atom stereocenters. The number of nitrogens with zero attached hydrogens (tertiary/aromatic N) is 1. The molecule has 17 heavy (non-hydrogen) atoms. The van der Waals surface area contributed by atoms with Crippen molar-refractivity contribution in [2.24, 2.45) is 0 Å². The Bertz CT molecular complexity index is 386. The van der Waals surface area contributed by atoms with E-state index in [1.165, 1.54) is 0 Å². The van der Waals surface area contributed by atoms with Gasteiger partial charge in [-0.05, 0) is 17.7 Å². The van der Waals surface area contributed by atoms with Crippen LogP contribution in [0.2, 0.25) is 0 Å². The highest BCUT2D eigenvalue weighted by molar-refractivity contribution is 5.31. The smallest absolute Gasteiger partial charge is 0.223 e. The quantitative estimate of drug-likeness (QED) is 0.432. The Morgan fingerprint density at radius 2 is 2.06 bits per heavy atom. The van der Waals surface area contributed by atoms with E-state index in [0.717, 1.165) is 11.3 Å². The second kappa shape index (κ2) is 6.03. The van der Waals surface area contributed by atoms with Crippen LogP contribution >= 0.6 is 0 Å². The number of hydrogen-bond acceptors (Lipinski definition) is 3. The summed E-state index contributed by atoms with van der Waals surface area (Å²) in [6, 6.07) is 6.67. The van der Waals surface area contributed by atoms with Crippen molar-refractivity contribution in [3.8, 4) is 5.75 Å². The highest BCUT2D eigenvalue weighted by atomic mass is 16.6. The Balaban J connectivity index is 2.99. The first-order chi connectivity index (χ1) is 8.13. The number of nitro groups is 1. The van der Waals surface area contributed by atoms with Gasteiger partial charge < -0.3 is 4.74 Å². The Kier molecular flexibility index (Phi) is 4.69. The fourth-order valence-corrected chi connectivity index (χ4v) is 1.88. The molecule has 0 radical (unpaired) electrons. The lowest BCUT2D eigenvalue weighted by atomic mass is 9.90. The Labute approximate surface area is 101 Å². The molecule has 0 aliphatic carbocycles. The Morgan fingerprint density at radius 1 is 1.47 bits per heavy atom. The van der Waals surface area contributed by atoms with E-state index >= 15 is 0 Å². The molecular weight excluding hydrogens is 218 g/mol. The van der Waals surface area contributed by atoms with E-state index in [-0.39, 0.29) is 10.8 Å². The minimum Gasteiger partial charge on any atom is -0.497 e. The number of rotatable bonds is 6. The van der Waals surface area contributed by atoms with Gasteiger partial charge in [-0.25, -0.2) is 0 Å². The summed E-state index contributed by atoms with van der Waals surface area (Å²) < 4.78 is 5.06. The summed E-state index contributed by atoms with van der Waals surface area (Å²) >= 11 is 0. The second-order valence-corrected chi connectivity index (χ2v) is 3.80. The van der Waals surface area contributed by atoms with Gasteiger partial charge in [-0.1, -0.05) is 25.1 Å². The lowest BCUT2D eigenvalue weighted by molar-refractivity contribution is -0.525. The van der Waals surface area contributed by atoms with Crippen LogP contribution in [0.15, 0.2) is 36.9 Å². The predicted octanol–water partition coefficient (Wildman–Crippen LogP) is 3.02. The first kappa shape index (κ1) is 13.2. The summed E-state index contributed by atoms with van der Waals surface area (Å²) in [4.78, 5) is 10.7. The van der Waals surface area contributed by atoms with Gasteiger partial charge in [0.15, 0.2) is 0 Å². The van der Waals surface area contributed by atoms with E-state index in [9.17, 15) is 10.1 Å². The lowest BCUT2D eigenvalue weighted by Crippen LogP contribution is -2.25. The van der Waals surface area contributed by atoms with Crippen molar-refractivity contribution >= 4 is 0 Å². The molecule has 1 aromatic rings. The average Bonchev–Trinajstić information content (AvgIpc) is 2.35. The van der Waals surface area contributed by atoms with Gasteiger partial charge >= 0.3 is 0 Å². The Morgan fingerprint density at radius 3 is 2.41 bits per heavy atom. The predicted molar refractivity (Wildman–Crippen MR) is 67.0 cm³/mol. The molecular formula is C13H17NO3. The zero-order valence-corrected chi connectivity index (χ0v) is 10.1. The van der Waals surface area contributed by atoms with Crippen LogP contribution in [0.1, 0.15) is 24.8 Å². The van der Waals surface area contributed by atoms with Crippen LogP contribution in [-0.2, 0) is 0 Å². The summed E-state index contributed by atoms with van der Waals surface area (Å²) in [5, 5.41) is 11.0. The van der Waals surface area contributed by atoms with Gasteiger partial charge in [0.05, 0.1) is 13.0 Å². The normalized spacial score (nSPS) is 13.8. The van der Waals surface area contributed by atoms with Crippen LogP contribution in [0.3, 0.4) is 0 Å². The van der Waals surface area contributed by atoms with E-state index in [1.54, 1.807) is 25.3 Å². The molecule has 0 aromatic heterocycles. The van der Waals surface area contributed by atoms with E-state index in [0.29, 0.717) is 6.42 Å². The van der Waals surface area contributed by atoms with E-state index in [2.05, 4.69) is 6.58 Å². The molecule has 0 amide bonds. The van der Waals surface area contributed by atoms with Crippen LogP contribution in [-0.4, -0.2) is 18.1 Å². The maximum atomic E-state index is 11.0. The molecule has 1 rings (SSSR count). The van der Waals surface area contributed by atoms with Crippen LogP contribution in [0, 0.1) is 10.1 Å². The maximum Gasteiger partial charge on any atom is 0.223 e. The minimum atomic E-state index is -0.624. The van der Waals surface area contributed by atoms with Crippen molar-refractivity contribution in [3.63, 3.8) is 0 Å². The SMILES string of the molecule is C=C[C@H](c1ccc(OC)cc1)[C@@H](CC)[N+](=O)[O-].